The third-order valence-corrected chi connectivity index (χ3v) is 2.87. The minimum atomic E-state index is 0.700. The van der Waals surface area contributed by atoms with E-state index in [9.17, 15) is 0 Å². The molecule has 2 nitrogen and oxygen atoms in total. The van der Waals surface area contributed by atoms with Crippen LogP contribution in [0.2, 0.25) is 0 Å². The van der Waals surface area contributed by atoms with E-state index < -0.39 is 0 Å². The number of nitrogens with zero attached hydrogens (tertiary/aromatic N) is 2. The maximum atomic E-state index is 8.70. The molecule has 3 heteroatoms. The summed E-state index contributed by atoms with van der Waals surface area (Å²) < 4.78 is 3.06. The van der Waals surface area contributed by atoms with Crippen LogP contribution in [0, 0.1) is 11.3 Å². The third kappa shape index (κ3) is 1.24. The molecule has 0 radical (unpaired) electrons. The molecule has 0 atom stereocenters. The lowest BCUT2D eigenvalue weighted by Gasteiger charge is -1.96. The standard InChI is InChI=1S/C10H7BrN2/c1-13-9-3-2-7(6-12)4-8(9)5-10(13)11/h2-5H,1H3. The second-order valence-electron chi connectivity index (χ2n) is 2.91. The summed E-state index contributed by atoms with van der Waals surface area (Å²) in [5, 5.41) is 9.80. The van der Waals surface area contributed by atoms with Crippen LogP contribution in [0.3, 0.4) is 0 Å². The van der Waals surface area contributed by atoms with Gasteiger partial charge in [-0.2, -0.15) is 5.26 Å². The van der Waals surface area contributed by atoms with Gasteiger partial charge in [0.15, 0.2) is 0 Å². The van der Waals surface area contributed by atoms with Gasteiger partial charge in [-0.15, -0.1) is 0 Å². The largest absolute Gasteiger partial charge is 0.338 e. The summed E-state index contributed by atoms with van der Waals surface area (Å²) in [4.78, 5) is 0. The molecule has 64 valence electrons. The molecule has 13 heavy (non-hydrogen) atoms. The highest BCUT2D eigenvalue weighted by molar-refractivity contribution is 9.10. The lowest BCUT2D eigenvalue weighted by Crippen LogP contribution is -1.85. The number of benzene rings is 1. The maximum absolute atomic E-state index is 8.70. The molecule has 0 bridgehead atoms. The molecule has 0 aliphatic rings. The highest BCUT2D eigenvalue weighted by Gasteiger charge is 2.02. The Morgan fingerprint density at radius 2 is 2.15 bits per heavy atom. The van der Waals surface area contributed by atoms with Crippen LogP contribution in [-0.2, 0) is 7.05 Å². The summed E-state index contributed by atoms with van der Waals surface area (Å²) in [5.41, 5.74) is 1.83. The highest BCUT2D eigenvalue weighted by Crippen LogP contribution is 2.23. The van der Waals surface area contributed by atoms with Gasteiger partial charge in [-0.25, -0.2) is 0 Å². The number of rotatable bonds is 0. The normalized spacial score (nSPS) is 10.2. The fourth-order valence-electron chi connectivity index (χ4n) is 1.39. The zero-order valence-corrected chi connectivity index (χ0v) is 8.67. The lowest BCUT2D eigenvalue weighted by atomic mass is 10.2. The summed E-state index contributed by atoms with van der Waals surface area (Å²) in [6.45, 7) is 0. The van der Waals surface area contributed by atoms with E-state index in [4.69, 9.17) is 5.26 Å². The van der Waals surface area contributed by atoms with E-state index in [1.807, 2.05) is 35.9 Å². The first-order chi connectivity index (χ1) is 6.22. The van der Waals surface area contributed by atoms with Gasteiger partial charge in [0.2, 0.25) is 0 Å². The van der Waals surface area contributed by atoms with Crippen LogP contribution in [-0.4, -0.2) is 4.57 Å². The first-order valence-electron chi connectivity index (χ1n) is 3.87. The molecule has 1 heterocycles. The van der Waals surface area contributed by atoms with Crippen molar-refractivity contribution in [1.82, 2.24) is 4.57 Å². The van der Waals surface area contributed by atoms with Gasteiger partial charge < -0.3 is 4.57 Å². The summed E-state index contributed by atoms with van der Waals surface area (Å²) in [6.07, 6.45) is 0. The van der Waals surface area contributed by atoms with Gasteiger partial charge in [0.05, 0.1) is 16.2 Å². The number of aromatic nitrogens is 1. The number of hydrogen-bond donors (Lipinski definition) is 0. The molecule has 0 aliphatic carbocycles. The molecule has 0 saturated carbocycles. The van der Waals surface area contributed by atoms with Gasteiger partial charge in [-0.3, -0.25) is 0 Å². The minimum Gasteiger partial charge on any atom is -0.338 e. The van der Waals surface area contributed by atoms with Crippen LogP contribution in [0.4, 0.5) is 0 Å². The Balaban J connectivity index is 2.82. The molecule has 0 spiro atoms. The molecule has 0 amide bonds. The first kappa shape index (κ1) is 8.33. The monoisotopic (exact) mass is 234 g/mol. The van der Waals surface area contributed by atoms with Gasteiger partial charge in [-0.1, -0.05) is 0 Å². The number of aryl methyl sites for hydroxylation is 1. The lowest BCUT2D eigenvalue weighted by molar-refractivity contribution is 0.941. The smallest absolute Gasteiger partial charge is 0.0991 e. The van der Waals surface area contributed by atoms with E-state index in [0.29, 0.717) is 5.56 Å². The van der Waals surface area contributed by atoms with Gasteiger partial charge >= 0.3 is 0 Å². The van der Waals surface area contributed by atoms with E-state index in [2.05, 4.69) is 22.0 Å². The molecule has 0 unspecified atom stereocenters. The Labute approximate surface area is 84.5 Å². The number of halogens is 1. The van der Waals surface area contributed by atoms with Crippen molar-refractivity contribution in [2.24, 2.45) is 7.05 Å². The van der Waals surface area contributed by atoms with Crippen molar-refractivity contribution in [2.45, 2.75) is 0 Å². The quantitative estimate of drug-likeness (QED) is 0.690. The molecular formula is C10H7BrN2. The number of nitriles is 1. The van der Waals surface area contributed by atoms with Gasteiger partial charge in [0.1, 0.15) is 0 Å². The van der Waals surface area contributed by atoms with Gasteiger partial charge in [0, 0.05) is 18.0 Å². The van der Waals surface area contributed by atoms with Crippen LogP contribution in [0.25, 0.3) is 10.9 Å². The SMILES string of the molecule is Cn1c(Br)cc2cc(C#N)ccc21. The van der Waals surface area contributed by atoms with Crippen LogP contribution in [0.1, 0.15) is 5.56 Å². The molecule has 1 aromatic heterocycles. The van der Waals surface area contributed by atoms with E-state index in [1.54, 1.807) is 0 Å². The Bertz CT molecular complexity index is 505. The second kappa shape index (κ2) is 2.90. The van der Waals surface area contributed by atoms with Crippen LogP contribution in [0.5, 0.6) is 0 Å². The zero-order valence-electron chi connectivity index (χ0n) is 7.08. The molecule has 0 N–H and O–H groups in total. The van der Waals surface area contributed by atoms with Crippen LogP contribution < -0.4 is 0 Å². The van der Waals surface area contributed by atoms with Crippen LogP contribution in [0.15, 0.2) is 28.9 Å². The van der Waals surface area contributed by atoms with Crippen molar-refractivity contribution in [3.8, 4) is 6.07 Å². The Morgan fingerprint density at radius 1 is 1.38 bits per heavy atom. The van der Waals surface area contributed by atoms with Crippen molar-refractivity contribution in [1.29, 1.82) is 5.26 Å². The molecule has 0 saturated heterocycles. The van der Waals surface area contributed by atoms with E-state index in [0.717, 1.165) is 15.5 Å². The third-order valence-electron chi connectivity index (χ3n) is 2.11. The maximum Gasteiger partial charge on any atom is 0.0991 e. The predicted octanol–water partition coefficient (Wildman–Crippen LogP) is 2.81. The van der Waals surface area contributed by atoms with Crippen molar-refractivity contribution in [3.63, 3.8) is 0 Å². The number of hydrogen-bond acceptors (Lipinski definition) is 1. The average Bonchev–Trinajstić information content (AvgIpc) is 2.42. The second-order valence-corrected chi connectivity index (χ2v) is 3.72. The summed E-state index contributed by atoms with van der Waals surface area (Å²) in [6, 6.07) is 9.81. The van der Waals surface area contributed by atoms with Crippen molar-refractivity contribution in [2.75, 3.05) is 0 Å². The van der Waals surface area contributed by atoms with E-state index >= 15 is 0 Å². The fraction of sp³-hybridized carbons (Fsp3) is 0.100. The van der Waals surface area contributed by atoms with Crippen molar-refractivity contribution < 1.29 is 0 Å². The zero-order chi connectivity index (χ0) is 9.42. The summed E-state index contributed by atoms with van der Waals surface area (Å²) in [7, 11) is 1.98. The average molecular weight is 235 g/mol. The van der Waals surface area contributed by atoms with Gasteiger partial charge in [-0.05, 0) is 40.2 Å². The first-order valence-corrected chi connectivity index (χ1v) is 4.67. The minimum absolute atomic E-state index is 0.700. The number of fused-ring (bicyclic) bond motifs is 1. The summed E-state index contributed by atoms with van der Waals surface area (Å²) in [5.74, 6) is 0. The molecule has 2 aromatic rings. The Hall–Kier alpha value is -1.27. The van der Waals surface area contributed by atoms with E-state index in [-0.39, 0.29) is 0 Å². The van der Waals surface area contributed by atoms with E-state index in [1.165, 1.54) is 0 Å². The molecule has 2 rings (SSSR count). The molecule has 1 aromatic carbocycles. The highest BCUT2D eigenvalue weighted by atomic mass is 79.9. The fourth-order valence-corrected chi connectivity index (χ4v) is 1.82. The molecular weight excluding hydrogens is 228 g/mol. The Kier molecular flexibility index (Phi) is 1.86. The molecule has 0 fully saturated rings. The van der Waals surface area contributed by atoms with Crippen LogP contribution >= 0.6 is 15.9 Å². The topological polar surface area (TPSA) is 28.7 Å². The molecule has 0 aliphatic heterocycles. The summed E-state index contributed by atoms with van der Waals surface area (Å²) >= 11 is 3.44. The Morgan fingerprint density at radius 3 is 2.85 bits per heavy atom. The van der Waals surface area contributed by atoms with Gasteiger partial charge in [0.25, 0.3) is 0 Å². The van der Waals surface area contributed by atoms with Crippen molar-refractivity contribution >= 4 is 26.8 Å². The van der Waals surface area contributed by atoms with Crippen molar-refractivity contribution in [3.05, 3.63) is 34.4 Å². The predicted molar refractivity (Wildman–Crippen MR) is 55.3 cm³/mol.